The van der Waals surface area contributed by atoms with Crippen molar-refractivity contribution in [3.63, 3.8) is 0 Å². The van der Waals surface area contributed by atoms with Crippen molar-refractivity contribution >= 4 is 27.5 Å². The Labute approximate surface area is 140 Å². The highest BCUT2D eigenvalue weighted by atomic mass is 79.9. The van der Waals surface area contributed by atoms with E-state index < -0.39 is 0 Å². The third kappa shape index (κ3) is 3.15. The summed E-state index contributed by atoms with van der Waals surface area (Å²) in [5, 5.41) is 0.762. The highest BCUT2D eigenvalue weighted by Gasteiger charge is 2.37. The van der Waals surface area contributed by atoms with Crippen molar-refractivity contribution in [1.82, 2.24) is 9.80 Å². The Bertz CT molecular complexity index is 510. The number of rotatable bonds is 3. The molecule has 21 heavy (non-hydrogen) atoms. The normalized spacial score (nSPS) is 28.6. The zero-order valence-electron chi connectivity index (χ0n) is 12.4. The number of benzene rings is 1. The molecule has 1 aromatic carbocycles. The minimum Gasteiger partial charge on any atom is -0.329 e. The van der Waals surface area contributed by atoms with Crippen molar-refractivity contribution in [3.8, 4) is 0 Å². The van der Waals surface area contributed by atoms with Gasteiger partial charge in [-0.15, -0.1) is 0 Å². The van der Waals surface area contributed by atoms with E-state index in [0.29, 0.717) is 18.6 Å². The number of hydrogen-bond acceptors (Lipinski definition) is 3. The quantitative estimate of drug-likeness (QED) is 0.884. The van der Waals surface area contributed by atoms with E-state index in [1.54, 1.807) is 0 Å². The largest absolute Gasteiger partial charge is 0.329 e. The molecule has 5 heteroatoms. The summed E-state index contributed by atoms with van der Waals surface area (Å²) in [5.74, 6) is 0. The van der Waals surface area contributed by atoms with Crippen LogP contribution in [0.4, 0.5) is 0 Å². The zero-order valence-corrected chi connectivity index (χ0v) is 14.8. The van der Waals surface area contributed by atoms with Gasteiger partial charge >= 0.3 is 0 Å². The SMILES string of the molecule is CC1CN2CCCC2CN1C(CN)c1ccc(Br)c(Cl)c1. The van der Waals surface area contributed by atoms with Gasteiger partial charge in [0.25, 0.3) is 0 Å². The molecule has 3 unspecified atom stereocenters. The minimum absolute atomic E-state index is 0.258. The number of nitrogens with two attached hydrogens (primary N) is 1. The van der Waals surface area contributed by atoms with E-state index >= 15 is 0 Å². The Morgan fingerprint density at radius 2 is 2.24 bits per heavy atom. The van der Waals surface area contributed by atoms with Crippen molar-refractivity contribution in [2.24, 2.45) is 5.73 Å². The third-order valence-electron chi connectivity index (χ3n) is 4.94. The average Bonchev–Trinajstić information content (AvgIpc) is 2.90. The van der Waals surface area contributed by atoms with Gasteiger partial charge in [0.1, 0.15) is 0 Å². The highest BCUT2D eigenvalue weighted by Crippen LogP contribution is 2.33. The summed E-state index contributed by atoms with van der Waals surface area (Å²) in [6, 6.07) is 7.72. The lowest BCUT2D eigenvalue weighted by molar-refractivity contribution is 0.0296. The molecule has 0 bridgehead atoms. The van der Waals surface area contributed by atoms with Gasteiger partial charge in [-0.1, -0.05) is 17.7 Å². The van der Waals surface area contributed by atoms with Gasteiger partial charge in [0.15, 0.2) is 0 Å². The number of halogens is 2. The highest BCUT2D eigenvalue weighted by molar-refractivity contribution is 9.10. The van der Waals surface area contributed by atoms with Crippen molar-refractivity contribution in [3.05, 3.63) is 33.3 Å². The van der Waals surface area contributed by atoms with E-state index in [1.807, 2.05) is 6.07 Å². The zero-order chi connectivity index (χ0) is 15.0. The van der Waals surface area contributed by atoms with E-state index in [9.17, 15) is 0 Å². The third-order valence-corrected chi connectivity index (χ3v) is 6.17. The standard InChI is InChI=1S/C16H23BrClN3/c1-11-9-20-6-2-3-13(20)10-21(11)16(8-19)12-4-5-14(17)15(18)7-12/h4-5,7,11,13,16H,2-3,6,8-10,19H2,1H3. The van der Waals surface area contributed by atoms with Crippen LogP contribution in [0.3, 0.4) is 0 Å². The second kappa shape index (κ2) is 6.55. The monoisotopic (exact) mass is 371 g/mol. The Hall–Kier alpha value is -0.130. The summed E-state index contributed by atoms with van der Waals surface area (Å²) in [7, 11) is 0. The summed E-state index contributed by atoms with van der Waals surface area (Å²) in [6.07, 6.45) is 2.66. The maximum absolute atomic E-state index is 6.26. The molecular weight excluding hydrogens is 350 g/mol. The smallest absolute Gasteiger partial charge is 0.0551 e. The van der Waals surface area contributed by atoms with Gasteiger partial charge in [-0.3, -0.25) is 9.80 Å². The van der Waals surface area contributed by atoms with Crippen LogP contribution >= 0.6 is 27.5 Å². The summed E-state index contributed by atoms with van der Waals surface area (Å²) in [5.41, 5.74) is 7.34. The average molecular weight is 373 g/mol. The lowest BCUT2D eigenvalue weighted by atomic mass is 9.99. The number of fused-ring (bicyclic) bond motifs is 1. The van der Waals surface area contributed by atoms with Crippen LogP contribution in [0, 0.1) is 0 Å². The molecule has 0 aromatic heterocycles. The lowest BCUT2D eigenvalue weighted by Gasteiger charge is -2.46. The fourth-order valence-electron chi connectivity index (χ4n) is 3.83. The molecule has 3 nitrogen and oxygen atoms in total. The maximum Gasteiger partial charge on any atom is 0.0551 e. The molecular formula is C16H23BrClN3. The summed E-state index contributed by atoms with van der Waals surface area (Å²) >= 11 is 9.73. The van der Waals surface area contributed by atoms with E-state index in [1.165, 1.54) is 24.9 Å². The molecule has 2 N–H and O–H groups in total. The fraction of sp³-hybridized carbons (Fsp3) is 0.625. The first kappa shape index (κ1) is 15.8. The van der Waals surface area contributed by atoms with Crippen LogP contribution in [-0.4, -0.2) is 48.1 Å². The van der Waals surface area contributed by atoms with Crippen LogP contribution in [-0.2, 0) is 0 Å². The first-order chi connectivity index (χ1) is 10.1. The molecule has 0 radical (unpaired) electrons. The fourth-order valence-corrected chi connectivity index (χ4v) is 4.26. The van der Waals surface area contributed by atoms with E-state index in [0.717, 1.165) is 22.6 Å². The molecule has 0 saturated carbocycles. The second-order valence-electron chi connectivity index (χ2n) is 6.26. The molecule has 3 rings (SSSR count). The van der Waals surface area contributed by atoms with Gasteiger partial charge in [0.05, 0.1) is 5.02 Å². The molecule has 3 atom stereocenters. The number of nitrogens with zero attached hydrogens (tertiary/aromatic N) is 2. The van der Waals surface area contributed by atoms with Crippen LogP contribution in [0.5, 0.6) is 0 Å². The van der Waals surface area contributed by atoms with Gasteiger partial charge in [-0.2, -0.15) is 0 Å². The lowest BCUT2D eigenvalue weighted by Crippen LogP contribution is -2.56. The van der Waals surface area contributed by atoms with Crippen molar-refractivity contribution in [2.45, 2.75) is 37.9 Å². The van der Waals surface area contributed by atoms with Gasteiger partial charge < -0.3 is 5.73 Å². The van der Waals surface area contributed by atoms with Crippen molar-refractivity contribution in [1.29, 1.82) is 0 Å². The molecule has 0 aliphatic carbocycles. The van der Waals surface area contributed by atoms with E-state index in [2.05, 4.69) is 44.8 Å². The second-order valence-corrected chi connectivity index (χ2v) is 7.52. The van der Waals surface area contributed by atoms with Crippen molar-refractivity contribution < 1.29 is 0 Å². The molecule has 2 saturated heterocycles. The molecule has 2 heterocycles. The molecule has 0 spiro atoms. The van der Waals surface area contributed by atoms with Crippen LogP contribution in [0.2, 0.25) is 5.02 Å². The Balaban J connectivity index is 1.83. The molecule has 116 valence electrons. The van der Waals surface area contributed by atoms with Crippen LogP contribution < -0.4 is 5.73 Å². The number of piperazine rings is 1. The maximum atomic E-state index is 6.26. The molecule has 2 aliphatic heterocycles. The first-order valence-electron chi connectivity index (χ1n) is 7.75. The Morgan fingerprint density at radius 1 is 1.43 bits per heavy atom. The van der Waals surface area contributed by atoms with Gasteiger partial charge in [-0.25, -0.2) is 0 Å². The molecule has 1 aromatic rings. The summed E-state index contributed by atoms with van der Waals surface area (Å²) in [4.78, 5) is 5.22. The van der Waals surface area contributed by atoms with Gasteiger partial charge in [-0.05, 0) is 59.9 Å². The Morgan fingerprint density at radius 3 is 2.95 bits per heavy atom. The van der Waals surface area contributed by atoms with Crippen LogP contribution in [0.1, 0.15) is 31.4 Å². The van der Waals surface area contributed by atoms with Crippen LogP contribution in [0.25, 0.3) is 0 Å². The van der Waals surface area contributed by atoms with E-state index in [-0.39, 0.29) is 6.04 Å². The predicted octanol–water partition coefficient (Wildman–Crippen LogP) is 3.27. The van der Waals surface area contributed by atoms with Crippen LogP contribution in [0.15, 0.2) is 22.7 Å². The van der Waals surface area contributed by atoms with Gasteiger partial charge in [0.2, 0.25) is 0 Å². The molecule has 2 fully saturated rings. The number of hydrogen-bond donors (Lipinski definition) is 1. The molecule has 2 aliphatic rings. The van der Waals surface area contributed by atoms with Gasteiger partial charge in [0, 0.05) is 42.2 Å². The topological polar surface area (TPSA) is 32.5 Å². The first-order valence-corrected chi connectivity index (χ1v) is 8.92. The summed E-state index contributed by atoms with van der Waals surface area (Å²) in [6.45, 7) is 6.50. The summed E-state index contributed by atoms with van der Waals surface area (Å²) < 4.78 is 0.942. The van der Waals surface area contributed by atoms with E-state index in [4.69, 9.17) is 17.3 Å². The van der Waals surface area contributed by atoms with Crippen molar-refractivity contribution in [2.75, 3.05) is 26.2 Å². The predicted molar refractivity (Wildman–Crippen MR) is 91.7 cm³/mol. The minimum atomic E-state index is 0.258. The molecule has 0 amide bonds. The Kier molecular flexibility index (Phi) is 4.91.